The molecule has 0 fully saturated rings. The van der Waals surface area contributed by atoms with Gasteiger partial charge in [-0.25, -0.2) is 9.97 Å². The minimum atomic E-state index is -0.898. The van der Waals surface area contributed by atoms with E-state index >= 15 is 0 Å². The molecule has 8 heteroatoms. The van der Waals surface area contributed by atoms with Crippen LogP contribution in [0.5, 0.6) is 0 Å². The van der Waals surface area contributed by atoms with Crippen LogP contribution in [0.25, 0.3) is 11.3 Å². The number of rotatable bonds is 4. The fourth-order valence-electron chi connectivity index (χ4n) is 1.95. The number of hydrogen-bond acceptors (Lipinski definition) is 6. The zero-order valence-electron chi connectivity index (χ0n) is 11.7. The van der Waals surface area contributed by atoms with Gasteiger partial charge in [-0.05, 0) is 30.3 Å². The van der Waals surface area contributed by atoms with Crippen LogP contribution >= 0.6 is 0 Å². The number of nitrogens with zero attached hydrogens (tertiary/aromatic N) is 4. The molecule has 2 aromatic heterocycles. The average Bonchev–Trinajstić information content (AvgIpc) is 2.57. The predicted octanol–water partition coefficient (Wildman–Crippen LogP) is 3.33. The van der Waals surface area contributed by atoms with Gasteiger partial charge in [0.2, 0.25) is 11.8 Å². The third-order valence-electron chi connectivity index (χ3n) is 3.01. The van der Waals surface area contributed by atoms with Crippen molar-refractivity contribution in [3.63, 3.8) is 0 Å². The van der Waals surface area contributed by atoms with Gasteiger partial charge in [0, 0.05) is 35.9 Å². The van der Waals surface area contributed by atoms with Crippen LogP contribution in [0, 0.1) is 15.9 Å². The van der Waals surface area contributed by atoms with Gasteiger partial charge in [-0.15, -0.1) is 0 Å². The maximum absolute atomic E-state index is 13.3. The lowest BCUT2D eigenvalue weighted by atomic mass is 10.2. The van der Waals surface area contributed by atoms with Crippen LogP contribution in [-0.2, 0) is 0 Å². The molecule has 0 unspecified atom stereocenters. The molecule has 2 heterocycles. The van der Waals surface area contributed by atoms with Crippen molar-refractivity contribution in [2.45, 2.75) is 0 Å². The number of hydrogen-bond donors (Lipinski definition) is 1. The summed E-state index contributed by atoms with van der Waals surface area (Å²) in [6.07, 6.45) is 4.87. The van der Waals surface area contributed by atoms with E-state index in [0.29, 0.717) is 11.4 Å². The number of anilines is 2. The Morgan fingerprint density at radius 2 is 2.04 bits per heavy atom. The van der Waals surface area contributed by atoms with Crippen molar-refractivity contribution >= 4 is 17.3 Å². The third-order valence-corrected chi connectivity index (χ3v) is 3.01. The maximum Gasteiger partial charge on any atom is 0.306 e. The normalized spacial score (nSPS) is 10.3. The monoisotopic (exact) mass is 311 g/mol. The Hall–Kier alpha value is -3.42. The second-order valence-electron chi connectivity index (χ2n) is 4.56. The first-order valence-electron chi connectivity index (χ1n) is 6.58. The Labute approximate surface area is 130 Å². The van der Waals surface area contributed by atoms with Gasteiger partial charge in [0.25, 0.3) is 0 Å². The molecule has 1 N–H and O–H groups in total. The Kier molecular flexibility index (Phi) is 3.88. The number of halogens is 1. The molecule has 114 valence electrons. The maximum atomic E-state index is 13.3. The molecule has 0 amide bonds. The van der Waals surface area contributed by atoms with E-state index in [-0.39, 0.29) is 5.95 Å². The van der Waals surface area contributed by atoms with Crippen molar-refractivity contribution in [1.82, 2.24) is 15.0 Å². The van der Waals surface area contributed by atoms with Crippen molar-refractivity contribution < 1.29 is 9.31 Å². The molecule has 0 aliphatic rings. The van der Waals surface area contributed by atoms with Gasteiger partial charge in [0.15, 0.2) is 0 Å². The number of benzene rings is 1. The van der Waals surface area contributed by atoms with Gasteiger partial charge in [0.1, 0.15) is 0 Å². The van der Waals surface area contributed by atoms with E-state index < -0.39 is 16.4 Å². The van der Waals surface area contributed by atoms with Crippen LogP contribution in [-0.4, -0.2) is 19.9 Å². The first kappa shape index (κ1) is 14.5. The van der Waals surface area contributed by atoms with Crippen molar-refractivity contribution in [3.8, 4) is 11.3 Å². The van der Waals surface area contributed by atoms with E-state index in [9.17, 15) is 14.5 Å². The average molecular weight is 311 g/mol. The highest BCUT2D eigenvalue weighted by atomic mass is 19.1. The quantitative estimate of drug-likeness (QED) is 0.586. The number of pyridine rings is 1. The molecule has 0 saturated carbocycles. The molecule has 0 aliphatic heterocycles. The van der Waals surface area contributed by atoms with E-state index in [1.165, 1.54) is 6.07 Å². The summed E-state index contributed by atoms with van der Waals surface area (Å²) in [7, 11) is 0. The second kappa shape index (κ2) is 6.14. The van der Waals surface area contributed by atoms with E-state index in [0.717, 1.165) is 17.7 Å². The topological polar surface area (TPSA) is 93.8 Å². The summed E-state index contributed by atoms with van der Waals surface area (Å²) in [6, 6.07) is 8.84. The fourth-order valence-corrected chi connectivity index (χ4v) is 1.95. The summed E-state index contributed by atoms with van der Waals surface area (Å²) in [5.41, 5.74) is 1.16. The van der Waals surface area contributed by atoms with Crippen LogP contribution in [0.15, 0.2) is 55.0 Å². The van der Waals surface area contributed by atoms with Gasteiger partial charge in [-0.1, -0.05) is 0 Å². The molecule has 23 heavy (non-hydrogen) atoms. The summed E-state index contributed by atoms with van der Waals surface area (Å²) < 4.78 is 13.3. The molecule has 1 aromatic carbocycles. The molecule has 3 rings (SSSR count). The standard InChI is InChI=1S/C15H10FN5O2/c16-12-4-3-11(8-14(12)21(22)23)19-15-18-7-5-13(20-15)10-2-1-6-17-9-10/h1-9H,(H,18,19,20). The highest BCUT2D eigenvalue weighted by molar-refractivity contribution is 5.62. The minimum Gasteiger partial charge on any atom is -0.324 e. The fraction of sp³-hybridized carbons (Fsp3) is 0. The van der Waals surface area contributed by atoms with Gasteiger partial charge in [0.05, 0.1) is 10.6 Å². The highest BCUT2D eigenvalue weighted by Crippen LogP contribution is 2.24. The summed E-state index contributed by atoms with van der Waals surface area (Å²) in [4.78, 5) is 22.4. The molecular formula is C15H10FN5O2. The largest absolute Gasteiger partial charge is 0.324 e. The molecule has 0 aliphatic carbocycles. The molecule has 0 spiro atoms. The number of nitro benzene ring substituents is 1. The zero-order chi connectivity index (χ0) is 16.2. The summed E-state index contributed by atoms with van der Waals surface area (Å²) >= 11 is 0. The lowest BCUT2D eigenvalue weighted by molar-refractivity contribution is -0.387. The highest BCUT2D eigenvalue weighted by Gasteiger charge is 2.14. The zero-order valence-corrected chi connectivity index (χ0v) is 11.7. The SMILES string of the molecule is O=[N+]([O-])c1cc(Nc2nccc(-c3cccnc3)n2)ccc1F. The van der Waals surface area contributed by atoms with Crippen LogP contribution in [0.4, 0.5) is 21.7 Å². The van der Waals surface area contributed by atoms with Crippen molar-refractivity contribution in [3.05, 3.63) is 70.9 Å². The molecule has 0 atom stereocenters. The van der Waals surface area contributed by atoms with Crippen LogP contribution < -0.4 is 5.32 Å². The van der Waals surface area contributed by atoms with Gasteiger partial charge in [-0.3, -0.25) is 15.1 Å². The predicted molar refractivity (Wildman–Crippen MR) is 81.6 cm³/mol. The molecule has 0 radical (unpaired) electrons. The summed E-state index contributed by atoms with van der Waals surface area (Å²) in [5, 5.41) is 13.6. The first-order valence-corrected chi connectivity index (χ1v) is 6.58. The Morgan fingerprint density at radius 3 is 2.78 bits per heavy atom. The van der Waals surface area contributed by atoms with Crippen LogP contribution in [0.1, 0.15) is 0 Å². The van der Waals surface area contributed by atoms with E-state index in [4.69, 9.17) is 0 Å². The first-order chi connectivity index (χ1) is 11.1. The molecule has 7 nitrogen and oxygen atoms in total. The van der Waals surface area contributed by atoms with Crippen molar-refractivity contribution in [2.24, 2.45) is 0 Å². The van der Waals surface area contributed by atoms with E-state index in [1.54, 1.807) is 30.7 Å². The molecule has 3 aromatic rings. The van der Waals surface area contributed by atoms with Gasteiger partial charge < -0.3 is 5.32 Å². The smallest absolute Gasteiger partial charge is 0.306 e. The van der Waals surface area contributed by atoms with Gasteiger partial charge in [-0.2, -0.15) is 4.39 Å². The van der Waals surface area contributed by atoms with Crippen molar-refractivity contribution in [2.75, 3.05) is 5.32 Å². The Morgan fingerprint density at radius 1 is 1.17 bits per heavy atom. The van der Waals surface area contributed by atoms with Gasteiger partial charge >= 0.3 is 5.69 Å². The molecule has 0 saturated heterocycles. The Balaban J connectivity index is 1.89. The Bertz CT molecular complexity index is 857. The lowest BCUT2D eigenvalue weighted by Gasteiger charge is -2.06. The number of nitro groups is 1. The minimum absolute atomic E-state index is 0.243. The number of aromatic nitrogens is 3. The molecular weight excluding hydrogens is 301 g/mol. The summed E-state index contributed by atoms with van der Waals surface area (Å²) in [6.45, 7) is 0. The van der Waals surface area contributed by atoms with E-state index in [1.807, 2.05) is 6.07 Å². The number of nitrogens with one attached hydrogen (secondary N) is 1. The second-order valence-corrected chi connectivity index (χ2v) is 4.56. The van der Waals surface area contributed by atoms with Crippen LogP contribution in [0.2, 0.25) is 0 Å². The van der Waals surface area contributed by atoms with Crippen LogP contribution in [0.3, 0.4) is 0 Å². The van der Waals surface area contributed by atoms with E-state index in [2.05, 4.69) is 20.3 Å². The lowest BCUT2D eigenvalue weighted by Crippen LogP contribution is -2.00. The van der Waals surface area contributed by atoms with Crippen molar-refractivity contribution in [1.29, 1.82) is 0 Å². The molecule has 0 bridgehead atoms. The third kappa shape index (κ3) is 3.26. The summed E-state index contributed by atoms with van der Waals surface area (Å²) in [5.74, 6) is -0.655.